The Labute approximate surface area is 297 Å². The van der Waals surface area contributed by atoms with E-state index in [1.807, 2.05) is 37.3 Å². The van der Waals surface area contributed by atoms with Crippen LogP contribution in [0.4, 0.5) is 5.69 Å². The quantitative estimate of drug-likeness (QED) is 0.143. The number of benzene rings is 4. The first-order valence-electron chi connectivity index (χ1n) is 15.5. The molecule has 10 nitrogen and oxygen atoms in total. The third kappa shape index (κ3) is 9.38. The van der Waals surface area contributed by atoms with Crippen LogP contribution in [-0.2, 0) is 32.6 Å². The van der Waals surface area contributed by atoms with E-state index in [0.29, 0.717) is 35.2 Å². The summed E-state index contributed by atoms with van der Waals surface area (Å²) in [4.78, 5) is 29.5. The summed E-state index contributed by atoms with van der Waals surface area (Å²) < 4.78 is 46.1. The molecule has 0 heterocycles. The number of nitrogens with one attached hydrogen (secondary N) is 1. The van der Waals surface area contributed by atoms with E-state index in [1.165, 1.54) is 37.3 Å². The lowest BCUT2D eigenvalue weighted by Gasteiger charge is -2.34. The van der Waals surface area contributed by atoms with Crippen molar-refractivity contribution in [1.29, 1.82) is 0 Å². The molecule has 0 aliphatic rings. The Morgan fingerprint density at radius 2 is 1.51 bits per heavy atom. The fraction of sp³-hybridized carbons (Fsp3) is 0.278. The van der Waals surface area contributed by atoms with E-state index < -0.39 is 34.4 Å². The Bertz CT molecular complexity index is 1840. The van der Waals surface area contributed by atoms with Gasteiger partial charge in [0, 0.05) is 25.6 Å². The molecule has 0 saturated carbocycles. The molecule has 0 aromatic heterocycles. The van der Waals surface area contributed by atoms with E-state index in [9.17, 15) is 18.0 Å². The fourth-order valence-electron chi connectivity index (χ4n) is 5.19. The highest BCUT2D eigenvalue weighted by atomic mass is 35.5. The first kappa shape index (κ1) is 37.4. The smallest absolute Gasteiger partial charge is 0.264 e. The molecule has 1 atom stereocenters. The number of rotatable bonds is 16. The van der Waals surface area contributed by atoms with Gasteiger partial charge in [0.25, 0.3) is 10.0 Å². The van der Waals surface area contributed by atoms with Gasteiger partial charge in [0.15, 0.2) is 11.5 Å². The molecule has 0 aliphatic heterocycles. The number of likely N-dealkylation sites (N-methyl/N-ethyl adjacent to an activating group) is 1. The molecule has 2 amide bonds. The van der Waals surface area contributed by atoms with Crippen molar-refractivity contribution in [2.75, 3.05) is 38.2 Å². The van der Waals surface area contributed by atoms with Crippen LogP contribution in [0.5, 0.6) is 17.2 Å². The van der Waals surface area contributed by atoms with Gasteiger partial charge < -0.3 is 24.4 Å². The number of hydrogen-bond donors (Lipinski definition) is 1. The third-order valence-electron chi connectivity index (χ3n) is 7.62. The molecule has 4 aromatic carbocycles. The normalized spacial score (nSPS) is 11.7. The van der Waals surface area contributed by atoms with Crippen LogP contribution in [0.1, 0.15) is 25.0 Å². The van der Waals surface area contributed by atoms with Crippen molar-refractivity contribution in [3.8, 4) is 17.2 Å². The van der Waals surface area contributed by atoms with Crippen molar-refractivity contribution >= 4 is 50.7 Å². The van der Waals surface area contributed by atoms with Crippen molar-refractivity contribution in [2.45, 2.75) is 37.8 Å². The summed E-state index contributed by atoms with van der Waals surface area (Å²) in [6, 6.07) is 23.8. The zero-order valence-corrected chi connectivity index (χ0v) is 30.0. The molecule has 49 heavy (non-hydrogen) atoms. The summed E-state index contributed by atoms with van der Waals surface area (Å²) >= 11 is 12.5. The third-order valence-corrected chi connectivity index (χ3v) is 10.1. The van der Waals surface area contributed by atoms with Crippen molar-refractivity contribution < 1.29 is 32.2 Å². The first-order chi connectivity index (χ1) is 23.5. The van der Waals surface area contributed by atoms with E-state index >= 15 is 0 Å². The van der Waals surface area contributed by atoms with Crippen LogP contribution in [0, 0.1) is 0 Å². The van der Waals surface area contributed by atoms with Crippen LogP contribution in [-0.4, -0.2) is 65.1 Å². The predicted octanol–water partition coefficient (Wildman–Crippen LogP) is 6.38. The van der Waals surface area contributed by atoms with Crippen LogP contribution in [0.3, 0.4) is 0 Å². The fourth-order valence-corrected chi connectivity index (χ4v) is 6.94. The maximum absolute atomic E-state index is 14.6. The Morgan fingerprint density at radius 1 is 0.816 bits per heavy atom. The minimum atomic E-state index is -4.40. The van der Waals surface area contributed by atoms with Gasteiger partial charge in [-0.05, 0) is 73.5 Å². The number of hydrogen-bond acceptors (Lipinski definition) is 7. The minimum absolute atomic E-state index is 0.0577. The maximum Gasteiger partial charge on any atom is 0.264 e. The van der Waals surface area contributed by atoms with Gasteiger partial charge in [-0.1, -0.05) is 59.6 Å². The number of amides is 2. The Morgan fingerprint density at radius 3 is 2.12 bits per heavy atom. The second-order valence-electron chi connectivity index (χ2n) is 10.8. The molecule has 4 aromatic rings. The number of ether oxygens (including phenoxy) is 3. The molecule has 0 unspecified atom stereocenters. The molecule has 0 fully saturated rings. The maximum atomic E-state index is 14.6. The van der Waals surface area contributed by atoms with Gasteiger partial charge in [0.1, 0.15) is 18.3 Å². The number of halogens is 2. The van der Waals surface area contributed by atoms with Crippen LogP contribution in [0.25, 0.3) is 0 Å². The number of sulfonamides is 1. The summed E-state index contributed by atoms with van der Waals surface area (Å²) in [6.07, 6.45) is 0.172. The van der Waals surface area contributed by atoms with Crippen molar-refractivity contribution in [3.05, 3.63) is 112 Å². The summed E-state index contributed by atoms with van der Waals surface area (Å²) in [5.41, 5.74) is 1.62. The molecule has 0 radical (unpaired) electrons. The molecule has 0 aliphatic carbocycles. The topological polar surface area (TPSA) is 114 Å². The van der Waals surface area contributed by atoms with Gasteiger partial charge in [-0.3, -0.25) is 13.9 Å². The highest BCUT2D eigenvalue weighted by molar-refractivity contribution is 7.92. The molecular formula is C36H39Cl2N3O7S. The second kappa shape index (κ2) is 17.3. The highest BCUT2D eigenvalue weighted by Gasteiger charge is 2.35. The lowest BCUT2D eigenvalue weighted by atomic mass is 10.0. The van der Waals surface area contributed by atoms with Crippen LogP contribution in [0.2, 0.25) is 10.0 Å². The monoisotopic (exact) mass is 727 g/mol. The lowest BCUT2D eigenvalue weighted by Crippen LogP contribution is -2.53. The molecule has 4 rings (SSSR count). The van der Waals surface area contributed by atoms with Gasteiger partial charge in [-0.25, -0.2) is 8.42 Å². The number of carbonyl (C=O) groups is 2. The molecule has 260 valence electrons. The van der Waals surface area contributed by atoms with Crippen LogP contribution >= 0.6 is 23.2 Å². The van der Waals surface area contributed by atoms with Gasteiger partial charge in [0.05, 0.1) is 41.5 Å². The Balaban J connectivity index is 1.84. The van der Waals surface area contributed by atoms with Gasteiger partial charge in [-0.15, -0.1) is 0 Å². The van der Waals surface area contributed by atoms with Crippen molar-refractivity contribution in [3.63, 3.8) is 0 Å². The van der Waals surface area contributed by atoms with Gasteiger partial charge in [0.2, 0.25) is 11.8 Å². The summed E-state index contributed by atoms with van der Waals surface area (Å²) in [5.74, 6) is 0.0401. The largest absolute Gasteiger partial charge is 0.494 e. The molecule has 13 heteroatoms. The number of methoxy groups -OCH3 is 2. The molecule has 1 N–H and O–H groups in total. The first-order valence-corrected chi connectivity index (χ1v) is 17.7. The molecule has 0 bridgehead atoms. The van der Waals surface area contributed by atoms with E-state index in [1.54, 1.807) is 49.4 Å². The molecule has 0 spiro atoms. The van der Waals surface area contributed by atoms with Gasteiger partial charge >= 0.3 is 0 Å². The Hall–Kier alpha value is -4.45. The van der Waals surface area contributed by atoms with E-state index in [0.717, 1.165) is 9.87 Å². The highest BCUT2D eigenvalue weighted by Crippen LogP contribution is 2.33. The van der Waals surface area contributed by atoms with E-state index in [-0.39, 0.29) is 34.3 Å². The van der Waals surface area contributed by atoms with Crippen molar-refractivity contribution in [1.82, 2.24) is 10.2 Å². The number of carbonyl (C=O) groups excluding carboxylic acids is 2. The second-order valence-corrected chi connectivity index (χ2v) is 13.5. The van der Waals surface area contributed by atoms with Gasteiger partial charge in [-0.2, -0.15) is 0 Å². The zero-order valence-electron chi connectivity index (χ0n) is 27.7. The Kier molecular flexibility index (Phi) is 13.2. The van der Waals surface area contributed by atoms with Crippen molar-refractivity contribution in [2.24, 2.45) is 0 Å². The average molecular weight is 729 g/mol. The van der Waals surface area contributed by atoms with Crippen LogP contribution in [0.15, 0.2) is 95.9 Å². The zero-order chi connectivity index (χ0) is 35.6. The summed E-state index contributed by atoms with van der Waals surface area (Å²) in [6.45, 7) is 3.66. The SMILES string of the molecule is CCNC(=O)[C@H](Cc1ccccc1)N(Cc1ccc(Cl)c(Cl)c1)C(=O)CN(c1ccc(OCC)cc1)S(=O)(=O)c1ccc(OC)c(OC)c1. The minimum Gasteiger partial charge on any atom is -0.494 e. The van der Waals surface area contributed by atoms with E-state index in [2.05, 4.69) is 5.32 Å². The standard InChI is InChI=1S/C36H39Cl2N3O7S/c1-5-39-36(43)32(21-25-10-8-7-9-11-25)40(23-26-12-18-30(37)31(38)20-26)35(42)24-41(27-13-15-28(16-14-27)48-6-2)49(44,45)29-17-19-33(46-3)34(22-29)47-4/h7-20,22,32H,5-6,21,23-24H2,1-4H3,(H,39,43)/t32-/m0/s1. The number of nitrogens with zero attached hydrogens (tertiary/aromatic N) is 2. The predicted molar refractivity (Wildman–Crippen MR) is 191 cm³/mol. The summed E-state index contributed by atoms with van der Waals surface area (Å²) in [7, 11) is -1.55. The van der Waals surface area contributed by atoms with E-state index in [4.69, 9.17) is 37.4 Å². The molecule has 0 saturated heterocycles. The molecular weight excluding hydrogens is 689 g/mol. The average Bonchev–Trinajstić information content (AvgIpc) is 3.10. The summed E-state index contributed by atoms with van der Waals surface area (Å²) in [5, 5.41) is 3.44. The number of anilines is 1. The lowest BCUT2D eigenvalue weighted by molar-refractivity contribution is -0.140. The van der Waals surface area contributed by atoms with Crippen LogP contribution < -0.4 is 23.8 Å².